The van der Waals surface area contributed by atoms with E-state index in [4.69, 9.17) is 21.6 Å². The molecule has 8 nitrogen and oxygen atoms in total. The van der Waals surface area contributed by atoms with Crippen molar-refractivity contribution >= 4 is 34.2 Å². The molecule has 0 amide bonds. The molecule has 2 aliphatic heterocycles. The van der Waals surface area contributed by atoms with E-state index in [1.54, 1.807) is 12.4 Å². The average molecular weight is 475 g/mol. The molecule has 32 heavy (non-hydrogen) atoms. The van der Waals surface area contributed by atoms with Crippen LogP contribution in [-0.4, -0.2) is 59.2 Å². The first-order valence-corrected chi connectivity index (χ1v) is 13.0. The molecule has 6 rings (SSSR count). The lowest BCUT2D eigenvalue weighted by Crippen LogP contribution is -2.49. The molecule has 1 atom stereocenters. The third-order valence-electron chi connectivity index (χ3n) is 7.58. The van der Waals surface area contributed by atoms with E-state index in [1.807, 2.05) is 0 Å². The quantitative estimate of drug-likeness (QED) is 0.681. The second-order valence-electron chi connectivity index (χ2n) is 9.71. The monoisotopic (exact) mass is 474 g/mol. The average Bonchev–Trinajstić information content (AvgIpc) is 3.51. The molecule has 2 N–H and O–H groups in total. The van der Waals surface area contributed by atoms with Gasteiger partial charge in [-0.1, -0.05) is 11.6 Å². The molecule has 4 heterocycles. The number of hydrogen-bond donors (Lipinski definition) is 2. The lowest BCUT2D eigenvalue weighted by Gasteiger charge is -2.42. The van der Waals surface area contributed by atoms with E-state index in [0.29, 0.717) is 22.7 Å². The third-order valence-corrected chi connectivity index (χ3v) is 9.91. The highest BCUT2D eigenvalue weighted by Gasteiger charge is 2.56. The van der Waals surface area contributed by atoms with E-state index in [1.165, 1.54) is 0 Å². The highest BCUT2D eigenvalue weighted by molar-refractivity contribution is 7.87. The first kappa shape index (κ1) is 20.7. The van der Waals surface area contributed by atoms with Gasteiger partial charge in [0.2, 0.25) is 5.95 Å². The van der Waals surface area contributed by atoms with Gasteiger partial charge in [0.05, 0.1) is 38.4 Å². The van der Waals surface area contributed by atoms with Crippen LogP contribution in [0.5, 0.6) is 0 Å². The van der Waals surface area contributed by atoms with Crippen LogP contribution in [0.4, 0.5) is 11.8 Å². The van der Waals surface area contributed by atoms with Crippen molar-refractivity contribution in [2.45, 2.75) is 72.5 Å². The Morgan fingerprint density at radius 2 is 1.88 bits per heavy atom. The van der Waals surface area contributed by atoms with Crippen molar-refractivity contribution in [3.05, 3.63) is 28.9 Å². The Balaban J connectivity index is 1.27. The molecule has 10 heteroatoms. The van der Waals surface area contributed by atoms with Crippen LogP contribution in [0.1, 0.15) is 62.4 Å². The Morgan fingerprint density at radius 3 is 2.47 bits per heavy atom. The summed E-state index contributed by atoms with van der Waals surface area (Å²) >= 11 is 5.93. The minimum absolute atomic E-state index is 0.0609. The Hall–Kier alpha value is -1.84. The molecule has 3 fully saturated rings. The summed E-state index contributed by atoms with van der Waals surface area (Å²) in [6.45, 7) is 1.69. The number of hydrogen-bond acceptors (Lipinski definition) is 8. The normalized spacial score (nSPS) is 25.4. The molecule has 0 bridgehead atoms. The predicted molar refractivity (Wildman–Crippen MR) is 123 cm³/mol. The topological polar surface area (TPSA) is 104 Å². The molecule has 2 aromatic heterocycles. The summed E-state index contributed by atoms with van der Waals surface area (Å²) in [6.07, 6.45) is 10.8. The summed E-state index contributed by atoms with van der Waals surface area (Å²) in [4.78, 5) is 21.6. The maximum Gasteiger partial charge on any atom is 0.227 e. The summed E-state index contributed by atoms with van der Waals surface area (Å²) in [5, 5.41) is 14.0. The van der Waals surface area contributed by atoms with Crippen LogP contribution in [0, 0.1) is 0 Å². The minimum Gasteiger partial charge on any atom is -0.394 e. The van der Waals surface area contributed by atoms with Gasteiger partial charge < -0.3 is 15.3 Å². The summed E-state index contributed by atoms with van der Waals surface area (Å²) in [5.41, 5.74) is 0.575. The van der Waals surface area contributed by atoms with Crippen LogP contribution >= 0.6 is 11.6 Å². The van der Waals surface area contributed by atoms with Gasteiger partial charge in [-0.05, 0) is 44.9 Å². The fourth-order valence-electron chi connectivity index (χ4n) is 5.16. The zero-order valence-corrected chi connectivity index (χ0v) is 19.5. The highest BCUT2D eigenvalue weighted by atomic mass is 35.5. The highest BCUT2D eigenvalue weighted by Crippen LogP contribution is 2.54. The van der Waals surface area contributed by atoms with Crippen LogP contribution in [0.15, 0.2) is 17.3 Å². The van der Waals surface area contributed by atoms with Crippen molar-refractivity contribution in [1.82, 2.24) is 19.9 Å². The lowest BCUT2D eigenvalue weighted by atomic mass is 9.77. The number of nitrogens with zero attached hydrogens (tertiary/aromatic N) is 5. The van der Waals surface area contributed by atoms with Crippen LogP contribution in [0.2, 0.25) is 5.02 Å². The molecule has 4 aliphatic rings. The Kier molecular flexibility index (Phi) is 4.93. The van der Waals surface area contributed by atoms with E-state index >= 15 is 0 Å². The number of fused-ring (bicyclic) bond motifs is 1. The van der Waals surface area contributed by atoms with E-state index in [-0.39, 0.29) is 16.9 Å². The first-order chi connectivity index (χ1) is 15.5. The Labute approximate surface area is 194 Å². The van der Waals surface area contributed by atoms with Gasteiger partial charge in [-0.2, -0.15) is 4.98 Å². The number of rotatable bonds is 5. The molecule has 170 valence electrons. The summed E-state index contributed by atoms with van der Waals surface area (Å²) in [5.74, 6) is 2.51. The Bertz CT molecular complexity index is 1060. The standard InChI is InChI=1S/C22H27ClN6O2S/c23-15-11-24-18(25-12-15)14-2-8-29(9-3-14)20-26-16-10-22(6-7-22)32(31)17(16)19(27-20)28-21(13-30)4-1-5-21/h11-12,14,30H,1-10,13H2,(H,26,27,28)/t32-/m1/s1. The van der Waals surface area contributed by atoms with E-state index in [9.17, 15) is 9.32 Å². The third kappa shape index (κ3) is 3.40. The van der Waals surface area contributed by atoms with Gasteiger partial charge in [-0.25, -0.2) is 15.0 Å². The predicted octanol–water partition coefficient (Wildman–Crippen LogP) is 2.83. The van der Waals surface area contributed by atoms with Gasteiger partial charge in [0, 0.05) is 37.8 Å². The van der Waals surface area contributed by atoms with Crippen LogP contribution in [0.25, 0.3) is 0 Å². The van der Waals surface area contributed by atoms with Crippen LogP contribution in [0.3, 0.4) is 0 Å². The van der Waals surface area contributed by atoms with Gasteiger partial charge in [0.25, 0.3) is 0 Å². The number of aliphatic hydroxyl groups excluding tert-OH is 1. The molecule has 0 aromatic carbocycles. The maximum absolute atomic E-state index is 13.3. The number of aliphatic hydroxyl groups is 1. The zero-order valence-electron chi connectivity index (χ0n) is 17.9. The molecule has 1 saturated heterocycles. The second kappa shape index (κ2) is 7.60. The Morgan fingerprint density at radius 1 is 1.16 bits per heavy atom. The minimum atomic E-state index is -1.08. The number of halogens is 1. The largest absolute Gasteiger partial charge is 0.394 e. The molecule has 1 spiro atoms. The molecule has 2 aromatic rings. The zero-order chi connectivity index (χ0) is 21.9. The van der Waals surface area contributed by atoms with Crippen LogP contribution in [-0.2, 0) is 17.2 Å². The molecular formula is C22H27ClN6O2S. The van der Waals surface area contributed by atoms with E-state index in [0.717, 1.165) is 80.9 Å². The van der Waals surface area contributed by atoms with Gasteiger partial charge >= 0.3 is 0 Å². The van der Waals surface area contributed by atoms with Gasteiger partial charge in [-0.3, -0.25) is 4.21 Å². The van der Waals surface area contributed by atoms with Crippen molar-refractivity contribution in [1.29, 1.82) is 0 Å². The smallest absolute Gasteiger partial charge is 0.227 e. The molecular weight excluding hydrogens is 448 g/mol. The summed E-state index contributed by atoms with van der Waals surface area (Å²) < 4.78 is 13.2. The maximum atomic E-state index is 13.3. The van der Waals surface area contributed by atoms with Crippen LogP contribution < -0.4 is 10.2 Å². The summed E-state index contributed by atoms with van der Waals surface area (Å²) in [7, 11) is -1.08. The van der Waals surface area contributed by atoms with Crippen molar-refractivity contribution in [3.8, 4) is 0 Å². The number of piperidine rings is 1. The number of nitrogens with one attached hydrogen (secondary N) is 1. The van der Waals surface area contributed by atoms with Crippen molar-refractivity contribution < 1.29 is 9.32 Å². The fourth-order valence-corrected chi connectivity index (χ4v) is 7.04. The van der Waals surface area contributed by atoms with Gasteiger partial charge in [0.15, 0.2) is 0 Å². The number of anilines is 2. The fraction of sp³-hybridized carbons (Fsp3) is 0.636. The van der Waals surface area contributed by atoms with Gasteiger partial charge in [-0.15, -0.1) is 0 Å². The lowest BCUT2D eigenvalue weighted by molar-refractivity contribution is 0.143. The van der Waals surface area contributed by atoms with E-state index < -0.39 is 10.8 Å². The number of aromatic nitrogens is 4. The second-order valence-corrected chi connectivity index (χ2v) is 12.0. The molecule has 0 radical (unpaired) electrons. The van der Waals surface area contributed by atoms with Crippen molar-refractivity contribution in [3.63, 3.8) is 0 Å². The molecule has 0 unspecified atom stereocenters. The van der Waals surface area contributed by atoms with Crippen molar-refractivity contribution in [2.24, 2.45) is 0 Å². The van der Waals surface area contributed by atoms with Gasteiger partial charge in [0.1, 0.15) is 16.5 Å². The molecule has 2 saturated carbocycles. The SMILES string of the molecule is O=[S@@]1c2c(nc(N3CCC(c4ncc(Cl)cn4)CC3)nc2NC2(CO)CCC2)CC12CC2. The van der Waals surface area contributed by atoms with E-state index in [2.05, 4.69) is 20.2 Å². The molecule has 2 aliphatic carbocycles. The van der Waals surface area contributed by atoms with Crippen molar-refractivity contribution in [2.75, 3.05) is 29.9 Å². The summed E-state index contributed by atoms with van der Waals surface area (Å²) in [6, 6.07) is 0. The first-order valence-electron chi connectivity index (χ1n) is 11.5.